The van der Waals surface area contributed by atoms with Crippen molar-refractivity contribution in [3.63, 3.8) is 0 Å². The van der Waals surface area contributed by atoms with Crippen LogP contribution in [0.5, 0.6) is 0 Å². The second-order valence-electron chi connectivity index (χ2n) is 3.20. The van der Waals surface area contributed by atoms with Crippen molar-refractivity contribution in [2.24, 2.45) is 11.8 Å². The van der Waals surface area contributed by atoms with E-state index < -0.39 is 5.97 Å². The lowest BCUT2D eigenvalue weighted by Gasteiger charge is -2.26. The molecular weight excluding hydrogens is 178 g/mol. The van der Waals surface area contributed by atoms with Gasteiger partial charge in [-0.2, -0.15) is 0 Å². The highest BCUT2D eigenvalue weighted by atomic mass is 35.5. The van der Waals surface area contributed by atoms with E-state index in [-0.39, 0.29) is 18.3 Å². The Morgan fingerprint density at radius 2 is 2.25 bits per heavy atom. The second kappa shape index (κ2) is 5.38. The quantitative estimate of drug-likeness (QED) is 0.691. The lowest BCUT2D eigenvalue weighted by molar-refractivity contribution is -0.142. The predicted molar refractivity (Wildman–Crippen MR) is 49.6 cm³/mol. The Labute approximate surface area is 78.9 Å². The van der Waals surface area contributed by atoms with E-state index in [1.165, 1.54) is 0 Å². The van der Waals surface area contributed by atoms with Gasteiger partial charge in [0.1, 0.15) is 0 Å². The number of nitrogens with one attached hydrogen (secondary N) is 1. The van der Waals surface area contributed by atoms with Crippen LogP contribution in [0.3, 0.4) is 0 Å². The number of carbonyl (C=O) groups is 1. The van der Waals surface area contributed by atoms with Gasteiger partial charge in [-0.3, -0.25) is 4.79 Å². The molecule has 0 aromatic heterocycles. The minimum Gasteiger partial charge on any atom is -0.481 e. The molecule has 0 aromatic rings. The molecule has 12 heavy (non-hydrogen) atoms. The molecule has 0 aromatic carbocycles. The van der Waals surface area contributed by atoms with Crippen LogP contribution >= 0.6 is 12.4 Å². The predicted octanol–water partition coefficient (Wildman–Crippen LogP) is 1.13. The van der Waals surface area contributed by atoms with Gasteiger partial charge in [-0.1, -0.05) is 13.3 Å². The van der Waals surface area contributed by atoms with Crippen LogP contribution in [0.1, 0.15) is 19.8 Å². The fourth-order valence-corrected chi connectivity index (χ4v) is 1.53. The topological polar surface area (TPSA) is 49.3 Å². The third-order valence-electron chi connectivity index (χ3n) is 2.37. The molecule has 2 unspecified atom stereocenters. The lowest BCUT2D eigenvalue weighted by Crippen LogP contribution is -2.39. The van der Waals surface area contributed by atoms with E-state index in [9.17, 15) is 4.79 Å². The molecule has 2 atom stereocenters. The first-order chi connectivity index (χ1) is 5.24. The van der Waals surface area contributed by atoms with Crippen molar-refractivity contribution in [1.29, 1.82) is 0 Å². The Morgan fingerprint density at radius 1 is 1.58 bits per heavy atom. The zero-order chi connectivity index (χ0) is 8.27. The van der Waals surface area contributed by atoms with Gasteiger partial charge in [0.05, 0.1) is 5.92 Å². The third-order valence-corrected chi connectivity index (χ3v) is 2.37. The molecule has 72 valence electrons. The summed E-state index contributed by atoms with van der Waals surface area (Å²) in [6.07, 6.45) is 1.93. The van der Waals surface area contributed by atoms with Crippen LogP contribution in [0.4, 0.5) is 0 Å². The maximum absolute atomic E-state index is 10.6. The van der Waals surface area contributed by atoms with Crippen molar-refractivity contribution in [1.82, 2.24) is 5.32 Å². The van der Waals surface area contributed by atoms with Crippen LogP contribution in [-0.2, 0) is 4.79 Å². The molecule has 0 bridgehead atoms. The van der Waals surface area contributed by atoms with Crippen molar-refractivity contribution in [2.75, 3.05) is 13.1 Å². The molecule has 0 amide bonds. The van der Waals surface area contributed by atoms with Crippen molar-refractivity contribution >= 4 is 18.4 Å². The van der Waals surface area contributed by atoms with Crippen LogP contribution in [0, 0.1) is 11.8 Å². The fourth-order valence-electron chi connectivity index (χ4n) is 1.53. The summed E-state index contributed by atoms with van der Waals surface area (Å²) in [4.78, 5) is 10.6. The number of rotatable bonds is 2. The average Bonchev–Trinajstić information content (AvgIpc) is 2.05. The number of hydrogen-bond acceptors (Lipinski definition) is 2. The SMILES string of the molecule is CCC1CNCC(C(=O)O)C1.Cl. The summed E-state index contributed by atoms with van der Waals surface area (Å²) in [5, 5.41) is 11.8. The summed E-state index contributed by atoms with van der Waals surface area (Å²) >= 11 is 0. The van der Waals surface area contributed by atoms with Crippen molar-refractivity contribution in [3.05, 3.63) is 0 Å². The van der Waals surface area contributed by atoms with Crippen molar-refractivity contribution in [2.45, 2.75) is 19.8 Å². The van der Waals surface area contributed by atoms with Gasteiger partial charge in [0.15, 0.2) is 0 Å². The molecule has 2 N–H and O–H groups in total. The van der Waals surface area contributed by atoms with Gasteiger partial charge in [0.2, 0.25) is 0 Å². The first-order valence-electron chi connectivity index (χ1n) is 4.17. The van der Waals surface area contributed by atoms with Crippen molar-refractivity contribution in [3.8, 4) is 0 Å². The van der Waals surface area contributed by atoms with Gasteiger partial charge < -0.3 is 10.4 Å². The van der Waals surface area contributed by atoms with Gasteiger partial charge in [-0.05, 0) is 18.9 Å². The molecule has 1 rings (SSSR count). The van der Waals surface area contributed by atoms with Gasteiger partial charge in [-0.15, -0.1) is 12.4 Å². The summed E-state index contributed by atoms with van der Waals surface area (Å²) in [7, 11) is 0. The van der Waals surface area contributed by atoms with Crippen LogP contribution < -0.4 is 5.32 Å². The molecule has 1 heterocycles. The zero-order valence-corrected chi connectivity index (χ0v) is 8.06. The summed E-state index contributed by atoms with van der Waals surface area (Å²) in [5.74, 6) is -0.255. The number of piperidine rings is 1. The van der Waals surface area contributed by atoms with Gasteiger partial charge in [-0.25, -0.2) is 0 Å². The number of halogens is 1. The Kier molecular flexibility index (Phi) is 5.25. The number of carboxylic acid groups (broad SMARTS) is 1. The first-order valence-corrected chi connectivity index (χ1v) is 4.17. The molecule has 0 saturated carbocycles. The van der Waals surface area contributed by atoms with E-state index in [0.717, 1.165) is 19.4 Å². The lowest BCUT2D eigenvalue weighted by atomic mass is 9.89. The molecule has 4 heteroatoms. The van der Waals surface area contributed by atoms with Gasteiger partial charge >= 0.3 is 5.97 Å². The van der Waals surface area contributed by atoms with Crippen LogP contribution in [0.2, 0.25) is 0 Å². The molecule has 0 spiro atoms. The largest absolute Gasteiger partial charge is 0.481 e. The Hall–Kier alpha value is -0.280. The third kappa shape index (κ3) is 2.99. The maximum atomic E-state index is 10.6. The van der Waals surface area contributed by atoms with E-state index in [4.69, 9.17) is 5.11 Å². The molecule has 3 nitrogen and oxygen atoms in total. The van der Waals surface area contributed by atoms with E-state index in [1.54, 1.807) is 0 Å². The van der Waals surface area contributed by atoms with E-state index >= 15 is 0 Å². The molecule has 1 saturated heterocycles. The van der Waals surface area contributed by atoms with E-state index in [0.29, 0.717) is 12.5 Å². The summed E-state index contributed by atoms with van der Waals surface area (Å²) in [6, 6.07) is 0. The highest BCUT2D eigenvalue weighted by Crippen LogP contribution is 2.18. The van der Waals surface area contributed by atoms with Crippen molar-refractivity contribution < 1.29 is 9.90 Å². The number of hydrogen-bond donors (Lipinski definition) is 2. The summed E-state index contributed by atoms with van der Waals surface area (Å²) < 4.78 is 0. The fraction of sp³-hybridized carbons (Fsp3) is 0.875. The average molecular weight is 194 g/mol. The number of carboxylic acids is 1. The van der Waals surface area contributed by atoms with Crippen LogP contribution in [0.15, 0.2) is 0 Å². The minimum absolute atomic E-state index is 0. The first kappa shape index (κ1) is 11.7. The molecule has 1 aliphatic heterocycles. The van der Waals surface area contributed by atoms with Gasteiger partial charge in [0.25, 0.3) is 0 Å². The Morgan fingerprint density at radius 3 is 2.75 bits per heavy atom. The summed E-state index contributed by atoms with van der Waals surface area (Å²) in [6.45, 7) is 3.74. The van der Waals surface area contributed by atoms with Gasteiger partial charge in [0, 0.05) is 6.54 Å². The smallest absolute Gasteiger partial charge is 0.307 e. The Balaban J connectivity index is 0.00000121. The number of aliphatic carboxylic acids is 1. The maximum Gasteiger partial charge on any atom is 0.307 e. The highest BCUT2D eigenvalue weighted by molar-refractivity contribution is 5.85. The molecular formula is C8H16ClNO2. The standard InChI is InChI=1S/C8H15NO2.ClH/c1-2-6-3-7(8(10)11)5-9-4-6;/h6-7,9H,2-5H2,1H3,(H,10,11);1H. The molecule has 0 radical (unpaired) electrons. The normalized spacial score (nSPS) is 29.1. The Bertz CT molecular complexity index is 152. The zero-order valence-electron chi connectivity index (χ0n) is 7.25. The molecule has 1 fully saturated rings. The highest BCUT2D eigenvalue weighted by Gasteiger charge is 2.25. The van der Waals surface area contributed by atoms with Crippen LogP contribution in [-0.4, -0.2) is 24.2 Å². The second-order valence-corrected chi connectivity index (χ2v) is 3.20. The van der Waals surface area contributed by atoms with E-state index in [2.05, 4.69) is 12.2 Å². The van der Waals surface area contributed by atoms with E-state index in [1.807, 2.05) is 0 Å². The molecule has 0 aliphatic carbocycles. The minimum atomic E-state index is -0.657. The summed E-state index contributed by atoms with van der Waals surface area (Å²) in [5.41, 5.74) is 0. The monoisotopic (exact) mass is 193 g/mol. The van der Waals surface area contributed by atoms with Crippen LogP contribution in [0.25, 0.3) is 0 Å². The molecule has 1 aliphatic rings.